The fraction of sp³-hybridized carbons (Fsp3) is 0.429. The molecule has 1 heterocycles. The number of nitrogens with one attached hydrogen (secondary N) is 1. The zero-order valence-corrected chi connectivity index (χ0v) is 11.4. The van der Waals surface area contributed by atoms with Gasteiger partial charge < -0.3 is 19.7 Å². The third-order valence-corrected chi connectivity index (χ3v) is 2.96. The van der Waals surface area contributed by atoms with E-state index < -0.39 is 5.97 Å². The third kappa shape index (κ3) is 3.48. The lowest BCUT2D eigenvalue weighted by molar-refractivity contribution is 0.0526. The van der Waals surface area contributed by atoms with Crippen molar-refractivity contribution in [3.8, 4) is 0 Å². The van der Waals surface area contributed by atoms with Crippen LogP contribution in [-0.2, 0) is 9.47 Å². The van der Waals surface area contributed by atoms with E-state index in [1.165, 1.54) is 0 Å². The van der Waals surface area contributed by atoms with Gasteiger partial charge in [-0.2, -0.15) is 0 Å². The molecule has 2 rings (SSSR count). The highest BCUT2D eigenvalue weighted by molar-refractivity contribution is 6.00. The molecule has 2 amide bonds. The molecular formula is C14H18N2O4. The van der Waals surface area contributed by atoms with E-state index in [0.29, 0.717) is 44.2 Å². The molecule has 0 aromatic heterocycles. The first kappa shape index (κ1) is 14.3. The molecule has 0 spiro atoms. The highest BCUT2D eigenvalue weighted by atomic mass is 16.5. The number of amides is 2. The second kappa shape index (κ2) is 6.91. The Morgan fingerprint density at radius 3 is 2.70 bits per heavy atom. The Kier molecular flexibility index (Phi) is 4.95. The van der Waals surface area contributed by atoms with Gasteiger partial charge in [0.25, 0.3) is 0 Å². The zero-order valence-electron chi connectivity index (χ0n) is 11.4. The lowest BCUT2D eigenvalue weighted by Crippen LogP contribution is -2.43. The summed E-state index contributed by atoms with van der Waals surface area (Å²) < 4.78 is 10.2. The van der Waals surface area contributed by atoms with E-state index >= 15 is 0 Å². The number of rotatable bonds is 3. The van der Waals surface area contributed by atoms with Crippen LogP contribution in [0.15, 0.2) is 24.3 Å². The van der Waals surface area contributed by atoms with E-state index in [0.717, 1.165) is 0 Å². The highest BCUT2D eigenvalue weighted by Crippen LogP contribution is 2.17. The lowest BCUT2D eigenvalue weighted by atomic mass is 10.2. The number of ether oxygens (including phenoxy) is 2. The van der Waals surface area contributed by atoms with Crippen molar-refractivity contribution in [1.29, 1.82) is 0 Å². The number of nitrogens with zero attached hydrogens (tertiary/aromatic N) is 1. The molecule has 20 heavy (non-hydrogen) atoms. The van der Waals surface area contributed by atoms with Crippen LogP contribution in [0.2, 0.25) is 0 Å². The van der Waals surface area contributed by atoms with E-state index in [4.69, 9.17) is 9.47 Å². The first-order chi connectivity index (χ1) is 9.72. The maximum absolute atomic E-state index is 12.1. The quantitative estimate of drug-likeness (QED) is 0.855. The van der Waals surface area contributed by atoms with Crippen molar-refractivity contribution in [3.05, 3.63) is 29.8 Å². The molecule has 6 nitrogen and oxygen atoms in total. The number of hydrogen-bond acceptors (Lipinski definition) is 4. The van der Waals surface area contributed by atoms with Crippen molar-refractivity contribution in [2.24, 2.45) is 0 Å². The van der Waals surface area contributed by atoms with Gasteiger partial charge in [-0.1, -0.05) is 12.1 Å². The van der Waals surface area contributed by atoms with Crippen LogP contribution in [0, 0.1) is 0 Å². The van der Waals surface area contributed by atoms with Crippen LogP contribution in [0.1, 0.15) is 17.3 Å². The molecule has 6 heteroatoms. The van der Waals surface area contributed by atoms with Crippen LogP contribution >= 0.6 is 0 Å². The number of esters is 1. The minimum atomic E-state index is -0.439. The molecular weight excluding hydrogens is 260 g/mol. The van der Waals surface area contributed by atoms with E-state index in [2.05, 4.69) is 5.32 Å². The lowest BCUT2D eigenvalue weighted by Gasteiger charge is -2.27. The summed E-state index contributed by atoms with van der Waals surface area (Å²) >= 11 is 0. The molecule has 0 bridgehead atoms. The molecule has 0 atom stereocenters. The van der Waals surface area contributed by atoms with Gasteiger partial charge in [-0.05, 0) is 19.1 Å². The van der Waals surface area contributed by atoms with Gasteiger partial charge in [-0.3, -0.25) is 0 Å². The maximum atomic E-state index is 12.1. The van der Waals surface area contributed by atoms with Gasteiger partial charge in [0, 0.05) is 13.1 Å². The molecule has 1 aromatic rings. The van der Waals surface area contributed by atoms with Crippen molar-refractivity contribution in [2.45, 2.75) is 6.92 Å². The van der Waals surface area contributed by atoms with E-state index in [9.17, 15) is 9.59 Å². The fourth-order valence-corrected chi connectivity index (χ4v) is 1.94. The summed E-state index contributed by atoms with van der Waals surface area (Å²) in [6.07, 6.45) is 0. The number of hydrogen-bond donors (Lipinski definition) is 1. The van der Waals surface area contributed by atoms with Crippen molar-refractivity contribution in [3.63, 3.8) is 0 Å². The SMILES string of the molecule is CCOC(=O)c1ccccc1NC(=O)N1CCOCC1. The number of anilines is 1. The van der Waals surface area contributed by atoms with Crippen molar-refractivity contribution < 1.29 is 19.1 Å². The van der Waals surface area contributed by atoms with Crippen LogP contribution in [0.3, 0.4) is 0 Å². The molecule has 1 fully saturated rings. The summed E-state index contributed by atoms with van der Waals surface area (Å²) in [6, 6.07) is 6.58. The van der Waals surface area contributed by atoms with E-state index in [1.807, 2.05) is 0 Å². The Morgan fingerprint density at radius 1 is 1.30 bits per heavy atom. The van der Waals surface area contributed by atoms with Crippen LogP contribution < -0.4 is 5.32 Å². The Morgan fingerprint density at radius 2 is 2.00 bits per heavy atom. The number of para-hydroxylation sites is 1. The Bertz CT molecular complexity index is 484. The summed E-state index contributed by atoms with van der Waals surface area (Å²) in [5.74, 6) is -0.439. The van der Waals surface area contributed by atoms with Gasteiger partial charge in [0.15, 0.2) is 0 Å². The minimum absolute atomic E-state index is 0.231. The number of morpholine rings is 1. The van der Waals surface area contributed by atoms with Crippen LogP contribution in [-0.4, -0.2) is 49.8 Å². The topological polar surface area (TPSA) is 67.9 Å². The molecule has 1 saturated heterocycles. The molecule has 0 unspecified atom stereocenters. The van der Waals surface area contributed by atoms with E-state index in [1.54, 1.807) is 36.1 Å². The zero-order chi connectivity index (χ0) is 14.4. The molecule has 1 aliphatic rings. The van der Waals surface area contributed by atoms with Crippen LogP contribution in [0.4, 0.5) is 10.5 Å². The second-order valence-corrected chi connectivity index (χ2v) is 4.30. The summed E-state index contributed by atoms with van der Waals surface area (Å²) in [6.45, 7) is 4.21. The maximum Gasteiger partial charge on any atom is 0.340 e. The normalized spacial score (nSPS) is 14.8. The number of benzene rings is 1. The molecule has 108 valence electrons. The summed E-state index contributed by atoms with van der Waals surface area (Å²) in [5.41, 5.74) is 0.818. The number of carbonyl (C=O) groups is 2. The predicted octanol–water partition coefficient (Wildman–Crippen LogP) is 1.73. The van der Waals surface area contributed by atoms with Gasteiger partial charge >= 0.3 is 12.0 Å². The average molecular weight is 278 g/mol. The first-order valence-electron chi connectivity index (χ1n) is 6.62. The Labute approximate surface area is 117 Å². The largest absolute Gasteiger partial charge is 0.462 e. The summed E-state index contributed by atoms with van der Waals surface area (Å²) in [4.78, 5) is 25.6. The minimum Gasteiger partial charge on any atom is -0.462 e. The number of urea groups is 1. The smallest absolute Gasteiger partial charge is 0.340 e. The van der Waals surface area contributed by atoms with Gasteiger partial charge in [0.2, 0.25) is 0 Å². The molecule has 1 N–H and O–H groups in total. The molecule has 0 aliphatic carbocycles. The van der Waals surface area contributed by atoms with Crippen molar-refractivity contribution in [1.82, 2.24) is 4.90 Å². The van der Waals surface area contributed by atoms with Crippen LogP contribution in [0.5, 0.6) is 0 Å². The standard InChI is InChI=1S/C14H18N2O4/c1-2-20-13(17)11-5-3-4-6-12(11)15-14(18)16-7-9-19-10-8-16/h3-6H,2,7-10H2,1H3,(H,15,18). The van der Waals surface area contributed by atoms with Gasteiger partial charge in [-0.15, -0.1) is 0 Å². The first-order valence-corrected chi connectivity index (χ1v) is 6.62. The van der Waals surface area contributed by atoms with Crippen LogP contribution in [0.25, 0.3) is 0 Å². The molecule has 0 saturated carbocycles. The fourth-order valence-electron chi connectivity index (χ4n) is 1.94. The predicted molar refractivity (Wildman–Crippen MR) is 73.8 cm³/mol. The second-order valence-electron chi connectivity index (χ2n) is 4.30. The van der Waals surface area contributed by atoms with Gasteiger partial charge in [-0.25, -0.2) is 9.59 Å². The van der Waals surface area contributed by atoms with Gasteiger partial charge in [0.1, 0.15) is 0 Å². The average Bonchev–Trinajstić information content (AvgIpc) is 2.49. The highest BCUT2D eigenvalue weighted by Gasteiger charge is 2.19. The summed E-state index contributed by atoms with van der Waals surface area (Å²) in [7, 11) is 0. The Balaban J connectivity index is 2.08. The number of carbonyl (C=O) groups excluding carboxylic acids is 2. The van der Waals surface area contributed by atoms with Crippen molar-refractivity contribution in [2.75, 3.05) is 38.2 Å². The third-order valence-electron chi connectivity index (χ3n) is 2.96. The van der Waals surface area contributed by atoms with E-state index in [-0.39, 0.29) is 6.03 Å². The van der Waals surface area contributed by atoms with Crippen molar-refractivity contribution >= 4 is 17.7 Å². The monoisotopic (exact) mass is 278 g/mol. The Hall–Kier alpha value is -2.08. The molecule has 0 radical (unpaired) electrons. The molecule has 1 aliphatic heterocycles. The van der Waals surface area contributed by atoms with Gasteiger partial charge in [0.05, 0.1) is 31.1 Å². The summed E-state index contributed by atoms with van der Waals surface area (Å²) in [5, 5.41) is 2.75. The molecule has 1 aromatic carbocycles.